The number of rotatable bonds is 4. The molecule has 3 N–H and O–H groups in total. The third-order valence-electron chi connectivity index (χ3n) is 5.81. The van der Waals surface area contributed by atoms with Crippen LogP contribution in [0.3, 0.4) is 0 Å². The molecule has 3 aromatic rings. The number of fused-ring (bicyclic) bond motifs is 2. The molecule has 1 saturated heterocycles. The van der Waals surface area contributed by atoms with E-state index in [0.29, 0.717) is 25.5 Å². The van der Waals surface area contributed by atoms with Crippen molar-refractivity contribution in [3.05, 3.63) is 64.4 Å². The summed E-state index contributed by atoms with van der Waals surface area (Å²) in [5.41, 5.74) is 11.2. The smallest absolute Gasteiger partial charge is 0.237 e. The number of halogens is 1. The van der Waals surface area contributed by atoms with Gasteiger partial charge in [0.25, 0.3) is 0 Å². The van der Waals surface area contributed by atoms with Crippen LogP contribution in [0.4, 0.5) is 11.5 Å². The fourth-order valence-electron chi connectivity index (χ4n) is 4.18. The second kappa shape index (κ2) is 8.17. The lowest BCUT2D eigenvalue weighted by Gasteiger charge is -2.35. The van der Waals surface area contributed by atoms with Gasteiger partial charge in [0.05, 0.1) is 12.1 Å². The lowest BCUT2D eigenvalue weighted by Crippen LogP contribution is -2.50. The predicted molar refractivity (Wildman–Crippen MR) is 124 cm³/mol. The van der Waals surface area contributed by atoms with E-state index in [2.05, 4.69) is 26.3 Å². The van der Waals surface area contributed by atoms with Crippen LogP contribution in [0.1, 0.15) is 11.1 Å². The highest BCUT2D eigenvalue weighted by atomic mass is 35.5. The molecule has 5 rings (SSSR count). The van der Waals surface area contributed by atoms with Crippen molar-refractivity contribution in [3.8, 4) is 0 Å². The Morgan fingerprint density at radius 2 is 2.00 bits per heavy atom. The topological polar surface area (TPSA) is 87.4 Å². The van der Waals surface area contributed by atoms with E-state index in [0.717, 1.165) is 52.4 Å². The van der Waals surface area contributed by atoms with E-state index in [1.807, 2.05) is 41.3 Å². The summed E-state index contributed by atoms with van der Waals surface area (Å²) in [4.78, 5) is 25.2. The number of nitrogen functional groups attached to an aromatic ring is 1. The lowest BCUT2D eigenvalue weighted by atomic mass is 10.0. The Labute approximate surface area is 185 Å². The molecule has 1 fully saturated rings. The Morgan fingerprint density at radius 3 is 2.87 bits per heavy atom. The summed E-state index contributed by atoms with van der Waals surface area (Å²) >= 11 is 6.07. The summed E-state index contributed by atoms with van der Waals surface area (Å²) in [5.74, 6) is 0.614. The van der Waals surface area contributed by atoms with Gasteiger partial charge in [0.15, 0.2) is 0 Å². The zero-order valence-electron chi connectivity index (χ0n) is 17.0. The number of nitrogens with zero attached hydrogens (tertiary/aromatic N) is 4. The monoisotopic (exact) mass is 434 g/mol. The minimum Gasteiger partial charge on any atom is -0.383 e. The molecule has 0 saturated carbocycles. The average Bonchev–Trinajstić information content (AvgIpc) is 2.76. The number of nitrogens with two attached hydrogens (primary N) is 1. The van der Waals surface area contributed by atoms with Crippen molar-refractivity contribution in [1.82, 2.24) is 19.8 Å². The molecule has 0 spiro atoms. The van der Waals surface area contributed by atoms with E-state index in [-0.39, 0.29) is 5.91 Å². The van der Waals surface area contributed by atoms with E-state index < -0.39 is 0 Å². The normalized spacial score (nSPS) is 16.7. The van der Waals surface area contributed by atoms with Crippen molar-refractivity contribution >= 4 is 46.0 Å². The number of hydrogen-bond donors (Lipinski definition) is 2. The number of nitrogens with one attached hydrogen (secondary N) is 1. The Morgan fingerprint density at radius 1 is 1.10 bits per heavy atom. The largest absolute Gasteiger partial charge is 0.383 e. The maximum atomic E-state index is 12.8. The van der Waals surface area contributed by atoms with E-state index in [1.54, 1.807) is 0 Å². The first kappa shape index (κ1) is 19.8. The number of piperazine rings is 1. The molecule has 2 aliphatic rings. The van der Waals surface area contributed by atoms with Gasteiger partial charge in [-0.3, -0.25) is 9.69 Å². The van der Waals surface area contributed by atoms with Crippen molar-refractivity contribution in [2.75, 3.05) is 43.8 Å². The van der Waals surface area contributed by atoms with E-state index >= 15 is 0 Å². The van der Waals surface area contributed by atoms with Crippen LogP contribution in [-0.4, -0.2) is 58.4 Å². The Hall–Kier alpha value is -3.16. The summed E-state index contributed by atoms with van der Waals surface area (Å²) in [6.45, 7) is 4.10. The lowest BCUT2D eigenvalue weighted by molar-refractivity contribution is -0.136. The number of aromatic nitrogens is 2. The Bertz CT molecular complexity index is 1190. The van der Waals surface area contributed by atoms with Crippen LogP contribution in [0, 0.1) is 0 Å². The van der Waals surface area contributed by atoms with Crippen LogP contribution in [0.5, 0.6) is 0 Å². The highest BCUT2D eigenvalue weighted by Crippen LogP contribution is 2.27. The van der Waals surface area contributed by atoms with Crippen LogP contribution in [0.25, 0.3) is 17.0 Å². The molecule has 1 amide bonds. The van der Waals surface area contributed by atoms with Crippen LogP contribution in [0.15, 0.2) is 48.3 Å². The summed E-state index contributed by atoms with van der Waals surface area (Å²) in [6.07, 6.45) is 3.66. The molecule has 7 nitrogen and oxygen atoms in total. The minimum atomic E-state index is 0.144. The first-order valence-electron chi connectivity index (χ1n) is 10.3. The highest BCUT2D eigenvalue weighted by Gasteiger charge is 2.25. The molecular formula is C23H23ClN6O. The fraction of sp³-hybridized carbons (Fsp3) is 0.261. The average molecular weight is 435 g/mol. The van der Waals surface area contributed by atoms with Gasteiger partial charge in [0, 0.05) is 48.8 Å². The number of carbonyl (C=O) groups excluding carboxylic acids is 1. The Kier molecular flexibility index (Phi) is 5.21. The standard InChI is InChI=1S/C23H23ClN6O/c24-18-3-2-17-7-16(10-26-20(17)9-18)11-29-5-6-30(22(31)13-29)12-15-1-4-19-21(8-15)27-14-28-23(19)25/h1-4,7-9,14,26H,5-6,10-13H2,(H2,25,27,28). The Balaban J connectivity index is 1.22. The third kappa shape index (κ3) is 4.19. The molecule has 158 valence electrons. The zero-order valence-corrected chi connectivity index (χ0v) is 17.8. The summed E-state index contributed by atoms with van der Waals surface area (Å²) in [5, 5.41) is 4.98. The molecule has 31 heavy (non-hydrogen) atoms. The van der Waals surface area contributed by atoms with Crippen molar-refractivity contribution in [2.45, 2.75) is 6.54 Å². The second-order valence-electron chi connectivity index (χ2n) is 8.02. The predicted octanol–water partition coefficient (Wildman–Crippen LogP) is 3.02. The minimum absolute atomic E-state index is 0.144. The number of carbonyl (C=O) groups is 1. The molecule has 3 heterocycles. The van der Waals surface area contributed by atoms with Gasteiger partial charge < -0.3 is 16.0 Å². The van der Waals surface area contributed by atoms with E-state index in [9.17, 15) is 4.79 Å². The van der Waals surface area contributed by atoms with Crippen LogP contribution in [-0.2, 0) is 11.3 Å². The summed E-state index contributed by atoms with van der Waals surface area (Å²) in [7, 11) is 0. The van der Waals surface area contributed by atoms with Crippen molar-refractivity contribution in [3.63, 3.8) is 0 Å². The van der Waals surface area contributed by atoms with Crippen molar-refractivity contribution in [1.29, 1.82) is 0 Å². The van der Waals surface area contributed by atoms with Crippen LogP contribution >= 0.6 is 11.6 Å². The molecule has 0 aliphatic carbocycles. The number of anilines is 2. The molecule has 0 atom stereocenters. The molecular weight excluding hydrogens is 412 g/mol. The van der Waals surface area contributed by atoms with Gasteiger partial charge in [-0.1, -0.05) is 29.8 Å². The molecule has 0 radical (unpaired) electrons. The van der Waals surface area contributed by atoms with Gasteiger partial charge in [-0.05, 0) is 41.0 Å². The number of hydrogen-bond acceptors (Lipinski definition) is 6. The SMILES string of the molecule is Nc1ncnc2cc(CN3CCN(CC4=Cc5ccc(Cl)cc5NC4)CC3=O)ccc12. The fourth-order valence-corrected chi connectivity index (χ4v) is 4.35. The molecule has 1 aromatic heterocycles. The van der Waals surface area contributed by atoms with Crippen LogP contribution < -0.4 is 11.1 Å². The first-order chi connectivity index (χ1) is 15.0. The van der Waals surface area contributed by atoms with Gasteiger partial charge in [-0.15, -0.1) is 0 Å². The molecule has 8 heteroatoms. The molecule has 2 aliphatic heterocycles. The molecule has 0 bridgehead atoms. The number of amides is 1. The second-order valence-corrected chi connectivity index (χ2v) is 8.46. The van der Waals surface area contributed by atoms with Crippen LogP contribution in [0.2, 0.25) is 5.02 Å². The van der Waals surface area contributed by atoms with Gasteiger partial charge in [0.2, 0.25) is 5.91 Å². The highest BCUT2D eigenvalue weighted by molar-refractivity contribution is 6.31. The zero-order chi connectivity index (χ0) is 21.4. The maximum absolute atomic E-state index is 12.8. The van der Waals surface area contributed by atoms with Crippen molar-refractivity contribution < 1.29 is 4.79 Å². The van der Waals surface area contributed by atoms with Crippen molar-refractivity contribution in [2.24, 2.45) is 0 Å². The summed E-state index contributed by atoms with van der Waals surface area (Å²) < 4.78 is 0. The first-order valence-corrected chi connectivity index (χ1v) is 10.6. The summed E-state index contributed by atoms with van der Waals surface area (Å²) in [6, 6.07) is 11.8. The maximum Gasteiger partial charge on any atom is 0.237 e. The van der Waals surface area contributed by atoms with Gasteiger partial charge in [-0.2, -0.15) is 0 Å². The van der Waals surface area contributed by atoms with E-state index in [4.69, 9.17) is 17.3 Å². The molecule has 2 aromatic carbocycles. The van der Waals surface area contributed by atoms with Gasteiger partial charge in [-0.25, -0.2) is 9.97 Å². The van der Waals surface area contributed by atoms with Gasteiger partial charge in [0.1, 0.15) is 12.1 Å². The molecule has 0 unspecified atom stereocenters. The number of benzene rings is 2. The quantitative estimate of drug-likeness (QED) is 0.656. The van der Waals surface area contributed by atoms with E-state index in [1.165, 1.54) is 11.9 Å². The van der Waals surface area contributed by atoms with Gasteiger partial charge >= 0.3 is 0 Å². The third-order valence-corrected chi connectivity index (χ3v) is 6.05.